The van der Waals surface area contributed by atoms with E-state index < -0.39 is 5.97 Å². The third kappa shape index (κ3) is 7.82. The average Bonchev–Trinajstić information content (AvgIpc) is 2.84. The summed E-state index contributed by atoms with van der Waals surface area (Å²) >= 11 is 0. The van der Waals surface area contributed by atoms with Gasteiger partial charge in [-0.15, -0.1) is 0 Å². The van der Waals surface area contributed by atoms with Gasteiger partial charge in [0.05, 0.1) is 5.69 Å². The summed E-state index contributed by atoms with van der Waals surface area (Å²) in [5.41, 5.74) is 6.21. The molecule has 6 nitrogen and oxygen atoms in total. The van der Waals surface area contributed by atoms with Gasteiger partial charge in [0.15, 0.2) is 0 Å². The minimum atomic E-state index is -0.786. The standard InChI is InChI=1S/C29H36N2O4/c1-5-31(6-2)16-17-34-25-18-21(3)29(22(4)19-25)26-8-7-9-27(30-26)35-20-24-12-10-23(11-13-24)14-15-28(32)33/h7-13,18-19H,5-6,14-17,20H2,1-4H3,(H,32,33). The monoisotopic (exact) mass is 476 g/mol. The number of carboxylic acid groups (broad SMARTS) is 1. The van der Waals surface area contributed by atoms with E-state index in [1.165, 1.54) is 0 Å². The molecule has 2 aromatic carbocycles. The molecule has 0 aliphatic rings. The number of likely N-dealkylation sites (N-methyl/N-ethyl adjacent to an activating group) is 1. The zero-order chi connectivity index (χ0) is 25.2. The first kappa shape index (κ1) is 26.2. The maximum absolute atomic E-state index is 10.7. The van der Waals surface area contributed by atoms with Gasteiger partial charge < -0.3 is 19.5 Å². The summed E-state index contributed by atoms with van der Waals surface area (Å²) in [6.07, 6.45) is 0.660. The van der Waals surface area contributed by atoms with E-state index in [1.54, 1.807) is 0 Å². The lowest BCUT2D eigenvalue weighted by Gasteiger charge is -2.19. The van der Waals surface area contributed by atoms with E-state index in [0.717, 1.165) is 58.9 Å². The summed E-state index contributed by atoms with van der Waals surface area (Å²) in [5, 5.41) is 8.83. The Labute approximate surface area is 208 Å². The maximum Gasteiger partial charge on any atom is 0.303 e. The summed E-state index contributed by atoms with van der Waals surface area (Å²) in [5.74, 6) is 0.664. The molecule has 0 aliphatic heterocycles. The lowest BCUT2D eigenvalue weighted by atomic mass is 9.99. The van der Waals surface area contributed by atoms with Crippen molar-refractivity contribution >= 4 is 5.97 Å². The van der Waals surface area contributed by atoms with E-state index >= 15 is 0 Å². The SMILES string of the molecule is CCN(CC)CCOc1cc(C)c(-c2cccc(OCc3ccc(CCC(=O)O)cc3)n2)c(C)c1. The number of hydrogen-bond donors (Lipinski definition) is 1. The van der Waals surface area contributed by atoms with Crippen LogP contribution >= 0.6 is 0 Å². The fourth-order valence-electron chi connectivity index (χ4n) is 4.09. The topological polar surface area (TPSA) is 71.9 Å². The van der Waals surface area contributed by atoms with Crippen molar-refractivity contribution in [3.8, 4) is 22.9 Å². The van der Waals surface area contributed by atoms with Crippen molar-refractivity contribution in [1.82, 2.24) is 9.88 Å². The van der Waals surface area contributed by atoms with Gasteiger partial charge in [0, 0.05) is 24.6 Å². The first-order valence-corrected chi connectivity index (χ1v) is 12.3. The summed E-state index contributed by atoms with van der Waals surface area (Å²) in [6, 6.07) is 17.8. The molecule has 0 radical (unpaired) electrons. The molecule has 6 heteroatoms. The van der Waals surface area contributed by atoms with E-state index in [1.807, 2.05) is 42.5 Å². The predicted molar refractivity (Wildman–Crippen MR) is 139 cm³/mol. The van der Waals surface area contributed by atoms with Gasteiger partial charge in [0.25, 0.3) is 0 Å². The second-order valence-corrected chi connectivity index (χ2v) is 8.67. The smallest absolute Gasteiger partial charge is 0.303 e. The van der Waals surface area contributed by atoms with Crippen LogP contribution in [0.4, 0.5) is 0 Å². The number of hydrogen-bond acceptors (Lipinski definition) is 5. The Hall–Kier alpha value is -3.38. The van der Waals surface area contributed by atoms with Crippen molar-refractivity contribution in [3.63, 3.8) is 0 Å². The minimum absolute atomic E-state index is 0.134. The highest BCUT2D eigenvalue weighted by Gasteiger charge is 2.11. The van der Waals surface area contributed by atoms with Gasteiger partial charge in [0.2, 0.25) is 5.88 Å². The van der Waals surface area contributed by atoms with E-state index in [0.29, 0.717) is 25.5 Å². The normalized spacial score (nSPS) is 11.0. The third-order valence-corrected chi connectivity index (χ3v) is 6.09. The number of carboxylic acids is 1. The van der Waals surface area contributed by atoms with Crippen molar-refractivity contribution < 1.29 is 19.4 Å². The molecule has 0 unspecified atom stereocenters. The molecule has 0 atom stereocenters. The van der Waals surface area contributed by atoms with Crippen LogP contribution in [-0.4, -0.2) is 47.2 Å². The minimum Gasteiger partial charge on any atom is -0.492 e. The van der Waals surface area contributed by atoms with Gasteiger partial charge in [-0.2, -0.15) is 0 Å². The lowest BCUT2D eigenvalue weighted by Crippen LogP contribution is -2.27. The molecule has 3 rings (SSSR count). The lowest BCUT2D eigenvalue weighted by molar-refractivity contribution is -0.136. The molecule has 35 heavy (non-hydrogen) atoms. The van der Waals surface area contributed by atoms with Crippen molar-refractivity contribution in [2.24, 2.45) is 0 Å². The number of nitrogens with zero attached hydrogens (tertiary/aromatic N) is 2. The molecule has 0 aliphatic carbocycles. The predicted octanol–water partition coefficient (Wildman–Crippen LogP) is 5.68. The highest BCUT2D eigenvalue weighted by molar-refractivity contribution is 5.69. The third-order valence-electron chi connectivity index (χ3n) is 6.09. The summed E-state index contributed by atoms with van der Waals surface area (Å²) in [4.78, 5) is 17.8. The van der Waals surface area contributed by atoms with Crippen LogP contribution < -0.4 is 9.47 Å². The largest absolute Gasteiger partial charge is 0.492 e. The molecule has 0 saturated carbocycles. The second kappa shape index (κ2) is 12.9. The van der Waals surface area contributed by atoms with Crippen LogP contribution in [0.3, 0.4) is 0 Å². The Balaban J connectivity index is 1.64. The molecule has 0 saturated heterocycles. The molecule has 0 fully saturated rings. The molecular formula is C29H36N2O4. The van der Waals surface area contributed by atoms with Crippen molar-refractivity contribution in [1.29, 1.82) is 0 Å². The Bertz CT molecular complexity index is 1080. The second-order valence-electron chi connectivity index (χ2n) is 8.67. The number of ether oxygens (including phenoxy) is 2. The molecule has 186 valence electrons. The summed E-state index contributed by atoms with van der Waals surface area (Å²) in [6.45, 7) is 12.5. The van der Waals surface area contributed by atoms with Crippen molar-refractivity contribution in [2.75, 3.05) is 26.2 Å². The Morgan fingerprint density at radius 3 is 2.23 bits per heavy atom. The molecule has 0 spiro atoms. The summed E-state index contributed by atoms with van der Waals surface area (Å²) in [7, 11) is 0. The quantitative estimate of drug-likeness (QED) is 0.342. The zero-order valence-electron chi connectivity index (χ0n) is 21.2. The van der Waals surface area contributed by atoms with Crippen LogP contribution in [0.15, 0.2) is 54.6 Å². The number of aromatic nitrogens is 1. The van der Waals surface area contributed by atoms with Gasteiger partial charge in [-0.1, -0.05) is 44.2 Å². The Kier molecular flexibility index (Phi) is 9.67. The van der Waals surface area contributed by atoms with Crippen LogP contribution in [0.5, 0.6) is 11.6 Å². The van der Waals surface area contributed by atoms with Crippen LogP contribution in [-0.2, 0) is 17.8 Å². The van der Waals surface area contributed by atoms with Gasteiger partial charge in [-0.05, 0) is 73.8 Å². The zero-order valence-corrected chi connectivity index (χ0v) is 21.2. The molecule has 3 aromatic rings. The maximum atomic E-state index is 10.7. The summed E-state index contributed by atoms with van der Waals surface area (Å²) < 4.78 is 12.0. The van der Waals surface area contributed by atoms with Gasteiger partial charge in [-0.3, -0.25) is 4.79 Å². The molecule has 1 N–H and O–H groups in total. The van der Waals surface area contributed by atoms with Gasteiger partial charge >= 0.3 is 5.97 Å². The molecule has 0 amide bonds. The van der Waals surface area contributed by atoms with Crippen molar-refractivity contribution in [2.45, 2.75) is 47.1 Å². The van der Waals surface area contributed by atoms with Gasteiger partial charge in [0.1, 0.15) is 19.0 Å². The fraction of sp³-hybridized carbons (Fsp3) is 0.379. The van der Waals surface area contributed by atoms with Crippen LogP contribution in [0.25, 0.3) is 11.3 Å². The molecular weight excluding hydrogens is 440 g/mol. The van der Waals surface area contributed by atoms with E-state index in [4.69, 9.17) is 19.6 Å². The first-order valence-electron chi connectivity index (χ1n) is 12.3. The van der Waals surface area contributed by atoms with Crippen LogP contribution in [0.1, 0.15) is 42.5 Å². The molecule has 1 heterocycles. The van der Waals surface area contributed by atoms with Crippen LogP contribution in [0.2, 0.25) is 0 Å². The first-order chi connectivity index (χ1) is 16.9. The molecule has 0 bridgehead atoms. The number of aliphatic carboxylic acids is 1. The Morgan fingerprint density at radius 2 is 1.60 bits per heavy atom. The number of rotatable bonds is 13. The highest BCUT2D eigenvalue weighted by atomic mass is 16.5. The van der Waals surface area contributed by atoms with E-state index in [-0.39, 0.29) is 6.42 Å². The highest BCUT2D eigenvalue weighted by Crippen LogP contribution is 2.31. The fourth-order valence-corrected chi connectivity index (χ4v) is 4.09. The number of aryl methyl sites for hydroxylation is 3. The van der Waals surface area contributed by atoms with Crippen LogP contribution in [0, 0.1) is 13.8 Å². The van der Waals surface area contributed by atoms with E-state index in [9.17, 15) is 4.79 Å². The van der Waals surface area contributed by atoms with Crippen molar-refractivity contribution in [3.05, 3.63) is 76.9 Å². The number of benzene rings is 2. The number of pyridine rings is 1. The average molecular weight is 477 g/mol. The van der Waals surface area contributed by atoms with Gasteiger partial charge in [-0.25, -0.2) is 4.98 Å². The van der Waals surface area contributed by atoms with E-state index in [2.05, 4.69) is 44.7 Å². The number of carbonyl (C=O) groups is 1. The molecule has 1 aromatic heterocycles. The Morgan fingerprint density at radius 1 is 0.943 bits per heavy atom.